The van der Waals surface area contributed by atoms with E-state index in [0.29, 0.717) is 0 Å². The molecule has 0 unspecified atom stereocenters. The van der Waals surface area contributed by atoms with Crippen molar-refractivity contribution in [2.75, 3.05) is 26.7 Å². The van der Waals surface area contributed by atoms with Gasteiger partial charge in [-0.25, -0.2) is 0 Å². The van der Waals surface area contributed by atoms with Crippen molar-refractivity contribution in [2.45, 2.75) is 26.3 Å². The Kier molecular flexibility index (Phi) is 7.38. The van der Waals surface area contributed by atoms with E-state index in [4.69, 9.17) is 0 Å². The molecule has 2 heteroatoms. The Balaban J connectivity index is 2.03. The molecule has 100 valence electrons. The normalized spacial score (nSPS) is 10.8. The molecule has 0 aliphatic heterocycles. The minimum Gasteiger partial charge on any atom is -0.316 e. The van der Waals surface area contributed by atoms with Crippen LogP contribution in [0, 0.1) is 0 Å². The average Bonchev–Trinajstić information content (AvgIpc) is 2.34. The van der Waals surface area contributed by atoms with Gasteiger partial charge in [-0.05, 0) is 52.0 Å². The van der Waals surface area contributed by atoms with Crippen LogP contribution in [0.5, 0.6) is 0 Å². The molecule has 0 aliphatic rings. The van der Waals surface area contributed by atoms with E-state index < -0.39 is 0 Å². The van der Waals surface area contributed by atoms with Gasteiger partial charge in [-0.2, -0.15) is 0 Å². The maximum Gasteiger partial charge on any atom is 0.0230 e. The fourth-order valence-corrected chi connectivity index (χ4v) is 1.87. The van der Waals surface area contributed by atoms with Crippen molar-refractivity contribution < 1.29 is 0 Å². The van der Waals surface area contributed by atoms with Gasteiger partial charge >= 0.3 is 0 Å². The van der Waals surface area contributed by atoms with Gasteiger partial charge in [0, 0.05) is 6.54 Å². The second-order valence-corrected chi connectivity index (χ2v) is 5.03. The van der Waals surface area contributed by atoms with E-state index in [2.05, 4.69) is 61.1 Å². The highest BCUT2D eigenvalue weighted by atomic mass is 15.1. The van der Waals surface area contributed by atoms with E-state index in [1.54, 1.807) is 0 Å². The molecule has 0 heterocycles. The molecule has 18 heavy (non-hydrogen) atoms. The maximum absolute atomic E-state index is 3.90. The van der Waals surface area contributed by atoms with Gasteiger partial charge in [0.05, 0.1) is 0 Å². The summed E-state index contributed by atoms with van der Waals surface area (Å²) in [5, 5.41) is 3.45. The van der Waals surface area contributed by atoms with Gasteiger partial charge in [-0.15, -0.1) is 6.58 Å². The molecule has 1 N–H and O–H groups in total. The molecule has 0 fully saturated rings. The van der Waals surface area contributed by atoms with Crippen LogP contribution in [-0.2, 0) is 6.54 Å². The molecule has 2 nitrogen and oxygen atoms in total. The van der Waals surface area contributed by atoms with Crippen molar-refractivity contribution in [3.05, 3.63) is 48.0 Å². The van der Waals surface area contributed by atoms with E-state index in [0.717, 1.165) is 32.6 Å². The van der Waals surface area contributed by atoms with Crippen LogP contribution in [0.15, 0.2) is 42.5 Å². The molecule has 1 rings (SSSR count). The molecule has 0 saturated carbocycles. The Hall–Kier alpha value is -1.12. The highest BCUT2D eigenvalue weighted by Gasteiger charge is 1.99. The largest absolute Gasteiger partial charge is 0.316 e. The minimum atomic E-state index is 1.03. The van der Waals surface area contributed by atoms with Crippen LogP contribution >= 0.6 is 0 Å². The van der Waals surface area contributed by atoms with Crippen molar-refractivity contribution in [2.24, 2.45) is 0 Å². The smallest absolute Gasteiger partial charge is 0.0230 e. The molecule has 0 radical (unpaired) electrons. The van der Waals surface area contributed by atoms with Gasteiger partial charge in [0.15, 0.2) is 0 Å². The number of nitrogens with zero attached hydrogens (tertiary/aromatic N) is 1. The number of benzene rings is 1. The summed E-state index contributed by atoms with van der Waals surface area (Å²) in [5.74, 6) is 0. The van der Waals surface area contributed by atoms with Crippen LogP contribution in [0.4, 0.5) is 0 Å². The monoisotopic (exact) mass is 246 g/mol. The molecular formula is C16H26N2. The van der Waals surface area contributed by atoms with Crippen molar-refractivity contribution in [3.63, 3.8) is 0 Å². The van der Waals surface area contributed by atoms with Gasteiger partial charge in [0.2, 0.25) is 0 Å². The molecule has 0 aliphatic carbocycles. The number of hydrogen-bond acceptors (Lipinski definition) is 2. The van der Waals surface area contributed by atoms with Crippen molar-refractivity contribution in [1.82, 2.24) is 10.2 Å². The summed E-state index contributed by atoms with van der Waals surface area (Å²) in [4.78, 5) is 2.37. The highest BCUT2D eigenvalue weighted by Crippen LogP contribution is 2.02. The van der Waals surface area contributed by atoms with Crippen LogP contribution in [0.3, 0.4) is 0 Å². The SMILES string of the molecule is C=C(C)CCNCCCN(C)Cc1ccccc1. The molecule has 0 bridgehead atoms. The first-order valence-corrected chi connectivity index (χ1v) is 6.76. The van der Waals surface area contributed by atoms with E-state index in [1.807, 2.05) is 0 Å². The predicted molar refractivity (Wildman–Crippen MR) is 79.7 cm³/mol. The molecule has 1 aromatic rings. The first kappa shape index (κ1) is 14.9. The third kappa shape index (κ3) is 7.25. The zero-order valence-electron chi connectivity index (χ0n) is 11.8. The first-order chi connectivity index (χ1) is 8.68. The molecule has 0 spiro atoms. The summed E-state index contributed by atoms with van der Waals surface area (Å²) in [5.41, 5.74) is 2.64. The van der Waals surface area contributed by atoms with Crippen LogP contribution in [0.25, 0.3) is 0 Å². The summed E-state index contributed by atoms with van der Waals surface area (Å²) >= 11 is 0. The van der Waals surface area contributed by atoms with Crippen LogP contribution in [0.1, 0.15) is 25.3 Å². The second kappa shape index (κ2) is 8.90. The first-order valence-electron chi connectivity index (χ1n) is 6.76. The zero-order chi connectivity index (χ0) is 13.2. The number of hydrogen-bond donors (Lipinski definition) is 1. The Morgan fingerprint density at radius 2 is 1.94 bits per heavy atom. The van der Waals surface area contributed by atoms with Crippen LogP contribution in [0.2, 0.25) is 0 Å². The van der Waals surface area contributed by atoms with Crippen LogP contribution in [-0.4, -0.2) is 31.6 Å². The van der Waals surface area contributed by atoms with E-state index in [1.165, 1.54) is 17.6 Å². The average molecular weight is 246 g/mol. The zero-order valence-corrected chi connectivity index (χ0v) is 11.8. The third-order valence-corrected chi connectivity index (χ3v) is 2.92. The Morgan fingerprint density at radius 1 is 1.22 bits per heavy atom. The number of rotatable bonds is 9. The highest BCUT2D eigenvalue weighted by molar-refractivity contribution is 5.14. The van der Waals surface area contributed by atoms with Gasteiger partial charge < -0.3 is 10.2 Å². The predicted octanol–water partition coefficient (Wildman–Crippen LogP) is 3.06. The summed E-state index contributed by atoms with van der Waals surface area (Å²) in [6, 6.07) is 10.6. The van der Waals surface area contributed by atoms with E-state index in [-0.39, 0.29) is 0 Å². The Morgan fingerprint density at radius 3 is 2.61 bits per heavy atom. The maximum atomic E-state index is 3.90. The number of nitrogens with one attached hydrogen (secondary N) is 1. The lowest BCUT2D eigenvalue weighted by Crippen LogP contribution is -2.24. The fourth-order valence-electron chi connectivity index (χ4n) is 1.87. The van der Waals surface area contributed by atoms with Gasteiger partial charge in [-0.1, -0.05) is 35.9 Å². The quantitative estimate of drug-likeness (QED) is 0.532. The lowest BCUT2D eigenvalue weighted by molar-refractivity contribution is 0.320. The molecule has 0 amide bonds. The standard InChI is InChI=1S/C16H26N2/c1-15(2)10-12-17-11-7-13-18(3)14-16-8-5-4-6-9-16/h4-6,8-9,17H,1,7,10-14H2,2-3H3. The third-order valence-electron chi connectivity index (χ3n) is 2.92. The lowest BCUT2D eigenvalue weighted by Gasteiger charge is -2.16. The van der Waals surface area contributed by atoms with Gasteiger partial charge in [-0.3, -0.25) is 0 Å². The molecule has 1 aromatic carbocycles. The Bertz CT molecular complexity index is 332. The molecule has 0 aromatic heterocycles. The summed E-state index contributed by atoms with van der Waals surface area (Å²) in [6.45, 7) is 10.3. The van der Waals surface area contributed by atoms with Crippen molar-refractivity contribution in [1.29, 1.82) is 0 Å². The lowest BCUT2D eigenvalue weighted by atomic mass is 10.2. The van der Waals surface area contributed by atoms with Crippen molar-refractivity contribution >= 4 is 0 Å². The van der Waals surface area contributed by atoms with E-state index in [9.17, 15) is 0 Å². The van der Waals surface area contributed by atoms with Crippen LogP contribution < -0.4 is 5.32 Å². The van der Waals surface area contributed by atoms with Gasteiger partial charge in [0.1, 0.15) is 0 Å². The second-order valence-electron chi connectivity index (χ2n) is 5.03. The van der Waals surface area contributed by atoms with Gasteiger partial charge in [0.25, 0.3) is 0 Å². The Labute approximate surface area is 112 Å². The van der Waals surface area contributed by atoms with Crippen molar-refractivity contribution in [3.8, 4) is 0 Å². The van der Waals surface area contributed by atoms with E-state index >= 15 is 0 Å². The molecular weight excluding hydrogens is 220 g/mol. The topological polar surface area (TPSA) is 15.3 Å². The minimum absolute atomic E-state index is 1.03. The molecule has 0 atom stereocenters. The molecule has 0 saturated heterocycles. The summed E-state index contributed by atoms with van der Waals surface area (Å²) in [7, 11) is 2.18. The summed E-state index contributed by atoms with van der Waals surface area (Å²) < 4.78 is 0. The summed E-state index contributed by atoms with van der Waals surface area (Å²) in [6.07, 6.45) is 2.28. The fraction of sp³-hybridized carbons (Fsp3) is 0.500.